The van der Waals surface area contributed by atoms with E-state index in [9.17, 15) is 9.59 Å². The molecule has 1 unspecified atom stereocenters. The second-order valence-corrected chi connectivity index (χ2v) is 4.20. The van der Waals surface area contributed by atoms with E-state index in [1.165, 1.54) is 0 Å². The van der Waals surface area contributed by atoms with Gasteiger partial charge in [0.25, 0.3) is 0 Å². The summed E-state index contributed by atoms with van der Waals surface area (Å²) in [6.07, 6.45) is 2.33. The van der Waals surface area contributed by atoms with Crippen molar-refractivity contribution < 1.29 is 14.7 Å². The van der Waals surface area contributed by atoms with Crippen LogP contribution in [0.2, 0.25) is 0 Å². The minimum atomic E-state index is -0.696. The Kier molecular flexibility index (Phi) is 4.12. The first-order chi connectivity index (χ1) is 7.06. The Balaban J connectivity index is 2.49. The molecule has 1 amide bonds. The molecule has 0 saturated carbocycles. The standard InChI is InChI=1S/C11H19NO3/c1-3-10(11(14)15)9-4-6-12(7-5-9)8(2)13/h9-10H,3-7H2,1-2H3,(H,14,15). The van der Waals surface area contributed by atoms with Gasteiger partial charge in [0, 0.05) is 20.0 Å². The molecule has 1 aliphatic heterocycles. The molecule has 0 radical (unpaired) electrons. The summed E-state index contributed by atoms with van der Waals surface area (Å²) < 4.78 is 0. The fourth-order valence-electron chi connectivity index (χ4n) is 2.33. The van der Waals surface area contributed by atoms with Gasteiger partial charge >= 0.3 is 5.97 Å². The summed E-state index contributed by atoms with van der Waals surface area (Å²) in [6, 6.07) is 0. The minimum absolute atomic E-state index is 0.0943. The fourth-order valence-corrected chi connectivity index (χ4v) is 2.33. The van der Waals surface area contributed by atoms with Crippen molar-refractivity contribution in [2.75, 3.05) is 13.1 Å². The molecule has 1 saturated heterocycles. The molecule has 1 N–H and O–H groups in total. The van der Waals surface area contributed by atoms with Crippen molar-refractivity contribution in [3.8, 4) is 0 Å². The van der Waals surface area contributed by atoms with Crippen molar-refractivity contribution in [3.63, 3.8) is 0 Å². The molecule has 1 heterocycles. The molecule has 0 bridgehead atoms. The van der Waals surface area contributed by atoms with Crippen molar-refractivity contribution in [3.05, 3.63) is 0 Å². The number of carboxylic acid groups (broad SMARTS) is 1. The maximum absolute atomic E-state index is 11.1. The number of nitrogens with zero attached hydrogens (tertiary/aromatic N) is 1. The highest BCUT2D eigenvalue weighted by Crippen LogP contribution is 2.27. The molecule has 1 atom stereocenters. The highest BCUT2D eigenvalue weighted by molar-refractivity contribution is 5.73. The minimum Gasteiger partial charge on any atom is -0.481 e. The Morgan fingerprint density at radius 2 is 1.93 bits per heavy atom. The Morgan fingerprint density at radius 1 is 1.40 bits per heavy atom. The number of hydrogen-bond acceptors (Lipinski definition) is 2. The Labute approximate surface area is 90.3 Å². The normalized spacial score (nSPS) is 20.0. The molecule has 1 rings (SSSR count). The van der Waals surface area contributed by atoms with Crippen LogP contribution in [0.15, 0.2) is 0 Å². The van der Waals surface area contributed by atoms with Crippen LogP contribution in [0, 0.1) is 11.8 Å². The lowest BCUT2D eigenvalue weighted by molar-refractivity contribution is -0.144. The van der Waals surface area contributed by atoms with E-state index >= 15 is 0 Å². The van der Waals surface area contributed by atoms with Gasteiger partial charge in [-0.3, -0.25) is 9.59 Å². The first kappa shape index (κ1) is 12.0. The highest BCUT2D eigenvalue weighted by atomic mass is 16.4. The van der Waals surface area contributed by atoms with E-state index in [2.05, 4.69) is 0 Å². The molecule has 1 fully saturated rings. The first-order valence-electron chi connectivity index (χ1n) is 5.54. The third kappa shape index (κ3) is 2.94. The molecule has 0 aromatic carbocycles. The van der Waals surface area contributed by atoms with Crippen molar-refractivity contribution in [2.24, 2.45) is 11.8 Å². The smallest absolute Gasteiger partial charge is 0.306 e. The number of amides is 1. The zero-order valence-electron chi connectivity index (χ0n) is 9.40. The number of likely N-dealkylation sites (tertiary alicyclic amines) is 1. The average Bonchev–Trinajstić information content (AvgIpc) is 2.19. The lowest BCUT2D eigenvalue weighted by atomic mass is 9.83. The lowest BCUT2D eigenvalue weighted by Crippen LogP contribution is -2.40. The number of aliphatic carboxylic acids is 1. The van der Waals surface area contributed by atoms with E-state index in [1.54, 1.807) is 11.8 Å². The number of piperidine rings is 1. The molecule has 4 heteroatoms. The quantitative estimate of drug-likeness (QED) is 0.770. The number of carbonyl (C=O) groups is 2. The molecule has 0 spiro atoms. The number of carbonyl (C=O) groups excluding carboxylic acids is 1. The van der Waals surface area contributed by atoms with Gasteiger partial charge in [0.2, 0.25) is 5.91 Å². The zero-order valence-corrected chi connectivity index (χ0v) is 9.40. The van der Waals surface area contributed by atoms with Crippen molar-refractivity contribution in [1.82, 2.24) is 4.90 Å². The Morgan fingerprint density at radius 3 is 2.27 bits per heavy atom. The van der Waals surface area contributed by atoms with Gasteiger partial charge in [-0.25, -0.2) is 0 Å². The molecule has 0 aromatic rings. The van der Waals surface area contributed by atoms with Gasteiger partial charge in [-0.05, 0) is 25.2 Å². The molecule has 0 aromatic heterocycles. The molecular weight excluding hydrogens is 194 g/mol. The van der Waals surface area contributed by atoms with Crippen molar-refractivity contribution in [1.29, 1.82) is 0 Å². The summed E-state index contributed by atoms with van der Waals surface area (Å²) in [5.74, 6) is -0.599. The largest absolute Gasteiger partial charge is 0.481 e. The topological polar surface area (TPSA) is 57.6 Å². The number of carboxylic acids is 1. The maximum atomic E-state index is 11.1. The van der Waals surface area contributed by atoms with Gasteiger partial charge in [0.05, 0.1) is 5.92 Å². The van der Waals surface area contributed by atoms with Gasteiger partial charge in [0.15, 0.2) is 0 Å². The Bertz CT molecular complexity index is 244. The summed E-state index contributed by atoms with van der Waals surface area (Å²) >= 11 is 0. The second-order valence-electron chi connectivity index (χ2n) is 4.20. The molecule has 1 aliphatic rings. The van der Waals surface area contributed by atoms with E-state index < -0.39 is 5.97 Å². The van der Waals surface area contributed by atoms with Crippen molar-refractivity contribution in [2.45, 2.75) is 33.1 Å². The van der Waals surface area contributed by atoms with E-state index in [-0.39, 0.29) is 17.7 Å². The van der Waals surface area contributed by atoms with Crippen LogP contribution in [0.4, 0.5) is 0 Å². The van der Waals surface area contributed by atoms with E-state index in [4.69, 9.17) is 5.11 Å². The fraction of sp³-hybridized carbons (Fsp3) is 0.818. The molecule has 86 valence electrons. The summed E-state index contributed by atoms with van der Waals surface area (Å²) in [5.41, 5.74) is 0. The Hall–Kier alpha value is -1.06. The SMILES string of the molecule is CCC(C(=O)O)C1CCN(C(C)=O)CC1. The van der Waals surface area contributed by atoms with E-state index in [0.29, 0.717) is 19.5 Å². The van der Waals surface area contributed by atoms with Gasteiger partial charge in [0.1, 0.15) is 0 Å². The van der Waals surface area contributed by atoms with Gasteiger partial charge in [-0.15, -0.1) is 0 Å². The van der Waals surface area contributed by atoms with E-state index in [1.807, 2.05) is 6.92 Å². The van der Waals surface area contributed by atoms with Crippen LogP contribution < -0.4 is 0 Å². The number of rotatable bonds is 3. The highest BCUT2D eigenvalue weighted by Gasteiger charge is 2.30. The molecule has 0 aliphatic carbocycles. The summed E-state index contributed by atoms with van der Waals surface area (Å²) in [6.45, 7) is 4.90. The monoisotopic (exact) mass is 213 g/mol. The molecule has 4 nitrogen and oxygen atoms in total. The van der Waals surface area contributed by atoms with Crippen LogP contribution in [-0.4, -0.2) is 35.0 Å². The van der Waals surface area contributed by atoms with Crippen LogP contribution in [0.3, 0.4) is 0 Å². The maximum Gasteiger partial charge on any atom is 0.306 e. The number of hydrogen-bond donors (Lipinski definition) is 1. The molecule has 15 heavy (non-hydrogen) atoms. The summed E-state index contributed by atoms with van der Waals surface area (Å²) in [7, 11) is 0. The predicted molar refractivity (Wildman–Crippen MR) is 56.4 cm³/mol. The summed E-state index contributed by atoms with van der Waals surface area (Å²) in [4.78, 5) is 23.8. The first-order valence-corrected chi connectivity index (χ1v) is 5.54. The molecular formula is C11H19NO3. The van der Waals surface area contributed by atoms with Crippen LogP contribution in [0.25, 0.3) is 0 Å². The van der Waals surface area contributed by atoms with Crippen LogP contribution >= 0.6 is 0 Å². The van der Waals surface area contributed by atoms with Crippen molar-refractivity contribution >= 4 is 11.9 Å². The zero-order chi connectivity index (χ0) is 11.4. The average molecular weight is 213 g/mol. The summed E-state index contributed by atoms with van der Waals surface area (Å²) in [5, 5.41) is 9.02. The van der Waals surface area contributed by atoms with E-state index in [0.717, 1.165) is 12.8 Å². The van der Waals surface area contributed by atoms with Crippen LogP contribution in [0.1, 0.15) is 33.1 Å². The second kappa shape index (κ2) is 5.14. The third-order valence-electron chi connectivity index (χ3n) is 3.31. The van der Waals surface area contributed by atoms with Gasteiger partial charge in [-0.2, -0.15) is 0 Å². The lowest BCUT2D eigenvalue weighted by Gasteiger charge is -2.33. The van der Waals surface area contributed by atoms with Gasteiger partial charge < -0.3 is 10.0 Å². The predicted octanol–water partition coefficient (Wildman–Crippen LogP) is 1.36. The van der Waals surface area contributed by atoms with Gasteiger partial charge in [-0.1, -0.05) is 6.92 Å². The van der Waals surface area contributed by atoms with Crippen LogP contribution in [-0.2, 0) is 9.59 Å². The van der Waals surface area contributed by atoms with Crippen LogP contribution in [0.5, 0.6) is 0 Å². The third-order valence-corrected chi connectivity index (χ3v) is 3.31.